The third-order valence-electron chi connectivity index (χ3n) is 6.27. The van der Waals surface area contributed by atoms with Crippen molar-refractivity contribution in [1.82, 2.24) is 14.4 Å². The lowest BCUT2D eigenvalue weighted by molar-refractivity contribution is 0.0716. The molecule has 0 saturated carbocycles. The van der Waals surface area contributed by atoms with Gasteiger partial charge in [-0.15, -0.1) is 0 Å². The minimum absolute atomic E-state index is 0.130. The smallest absolute Gasteiger partial charge is 0.259 e. The number of rotatable bonds is 4. The largest absolute Gasteiger partial charge is 0.383 e. The number of hydrogen-bond donors (Lipinski definition) is 0. The number of hydrogen-bond acceptors (Lipinski definition) is 4. The van der Waals surface area contributed by atoms with E-state index < -0.39 is 0 Å². The molecule has 0 unspecified atom stereocenters. The third-order valence-corrected chi connectivity index (χ3v) is 6.27. The molecule has 1 amide bonds. The Hall–Kier alpha value is -2.18. The molecule has 28 heavy (non-hydrogen) atoms. The first-order chi connectivity index (χ1) is 13.5. The first-order valence-electron chi connectivity index (χ1n) is 10.1. The van der Waals surface area contributed by atoms with Crippen LogP contribution in [0, 0.1) is 12.8 Å². The van der Waals surface area contributed by atoms with Gasteiger partial charge in [0.05, 0.1) is 12.1 Å². The average molecular weight is 383 g/mol. The quantitative estimate of drug-likeness (QED) is 0.811. The fourth-order valence-electron chi connectivity index (χ4n) is 4.76. The van der Waals surface area contributed by atoms with E-state index in [1.165, 1.54) is 0 Å². The van der Waals surface area contributed by atoms with Crippen LogP contribution in [0.25, 0.3) is 10.9 Å². The van der Waals surface area contributed by atoms with Crippen molar-refractivity contribution in [2.45, 2.75) is 25.8 Å². The highest BCUT2D eigenvalue weighted by Gasteiger charge is 2.37. The maximum Gasteiger partial charge on any atom is 0.259 e. The van der Waals surface area contributed by atoms with E-state index in [1.807, 2.05) is 41.6 Å². The Labute approximate surface area is 165 Å². The summed E-state index contributed by atoms with van der Waals surface area (Å²) in [6.07, 6.45) is 3.96. The Bertz CT molecular complexity index is 952. The van der Waals surface area contributed by atoms with Crippen molar-refractivity contribution in [3.8, 4) is 0 Å². The van der Waals surface area contributed by atoms with E-state index in [4.69, 9.17) is 4.74 Å². The van der Waals surface area contributed by atoms with Gasteiger partial charge >= 0.3 is 0 Å². The van der Waals surface area contributed by atoms with Crippen molar-refractivity contribution in [2.24, 2.45) is 13.0 Å². The maximum absolute atomic E-state index is 13.4. The zero-order chi connectivity index (χ0) is 19.8. The number of aryl methyl sites for hydroxylation is 2. The van der Waals surface area contributed by atoms with Gasteiger partial charge in [-0.3, -0.25) is 14.5 Å². The van der Waals surface area contributed by atoms with Gasteiger partial charge in [0.1, 0.15) is 5.56 Å². The molecule has 150 valence electrons. The van der Waals surface area contributed by atoms with E-state index in [9.17, 15) is 9.59 Å². The zero-order valence-corrected chi connectivity index (χ0v) is 17.0. The number of methoxy groups -OCH3 is 1. The number of aromatic nitrogens is 1. The molecule has 5 rings (SSSR count). The van der Waals surface area contributed by atoms with Crippen molar-refractivity contribution in [3.05, 3.63) is 45.7 Å². The molecule has 0 N–H and O–H groups in total. The predicted octanol–water partition coefficient (Wildman–Crippen LogP) is 2.03. The molecule has 3 saturated heterocycles. The summed E-state index contributed by atoms with van der Waals surface area (Å²) >= 11 is 0. The molecule has 0 radical (unpaired) electrons. The molecule has 1 aromatic carbocycles. The van der Waals surface area contributed by atoms with Crippen LogP contribution in [0.1, 0.15) is 28.8 Å². The number of amides is 1. The fourth-order valence-corrected chi connectivity index (χ4v) is 4.76. The summed E-state index contributed by atoms with van der Waals surface area (Å²) in [6.45, 7) is 6.00. The second-order valence-electron chi connectivity index (χ2n) is 8.30. The van der Waals surface area contributed by atoms with Gasteiger partial charge in [-0.1, -0.05) is 11.6 Å². The number of pyridine rings is 1. The summed E-state index contributed by atoms with van der Waals surface area (Å²) in [7, 11) is 3.62. The number of nitrogens with zero attached hydrogens (tertiary/aromatic N) is 3. The van der Waals surface area contributed by atoms with E-state index in [0.717, 1.165) is 43.6 Å². The molecule has 0 spiro atoms. The van der Waals surface area contributed by atoms with Gasteiger partial charge in [-0.05, 0) is 37.8 Å². The van der Waals surface area contributed by atoms with Crippen molar-refractivity contribution in [3.63, 3.8) is 0 Å². The van der Waals surface area contributed by atoms with Crippen molar-refractivity contribution >= 4 is 16.8 Å². The molecule has 2 bridgehead atoms. The van der Waals surface area contributed by atoms with E-state index >= 15 is 0 Å². The van der Waals surface area contributed by atoms with Crippen LogP contribution in [-0.2, 0) is 11.8 Å². The summed E-state index contributed by atoms with van der Waals surface area (Å²) in [6, 6.07) is 6.17. The molecule has 0 aliphatic carbocycles. The van der Waals surface area contributed by atoms with E-state index in [1.54, 1.807) is 13.3 Å². The predicted molar refractivity (Wildman–Crippen MR) is 110 cm³/mol. The van der Waals surface area contributed by atoms with Crippen LogP contribution < -0.4 is 5.43 Å². The van der Waals surface area contributed by atoms with Gasteiger partial charge < -0.3 is 14.2 Å². The van der Waals surface area contributed by atoms with Crippen LogP contribution in [0.15, 0.2) is 29.2 Å². The van der Waals surface area contributed by atoms with Crippen LogP contribution in [-0.4, -0.2) is 66.2 Å². The van der Waals surface area contributed by atoms with E-state index in [2.05, 4.69) is 4.90 Å². The molecule has 6 nitrogen and oxygen atoms in total. The lowest BCUT2D eigenvalue weighted by Gasteiger charge is -2.35. The number of carbonyl (C=O) groups is 1. The van der Waals surface area contributed by atoms with Crippen LogP contribution in [0.5, 0.6) is 0 Å². The Balaban J connectivity index is 1.65. The normalized spacial score (nSPS) is 22.6. The highest BCUT2D eigenvalue weighted by atomic mass is 16.5. The van der Waals surface area contributed by atoms with Crippen LogP contribution >= 0.6 is 0 Å². The molecular formula is C22H29N3O3. The second-order valence-corrected chi connectivity index (χ2v) is 8.30. The molecule has 3 fully saturated rings. The van der Waals surface area contributed by atoms with E-state index in [0.29, 0.717) is 30.5 Å². The molecule has 2 aromatic rings. The summed E-state index contributed by atoms with van der Waals surface area (Å²) in [5.41, 5.74) is 2.00. The Morgan fingerprint density at radius 2 is 2.04 bits per heavy atom. The topological polar surface area (TPSA) is 54.8 Å². The SMILES string of the molecule is COCCN1C[C@@H]2CC[C@H]1CN(C(=O)c1cn(C)c3ccc(C)cc3c1=O)C2. The molecule has 2 atom stereocenters. The molecular weight excluding hydrogens is 354 g/mol. The number of piperidine rings is 1. The molecule has 6 heteroatoms. The highest BCUT2D eigenvalue weighted by Crippen LogP contribution is 2.28. The highest BCUT2D eigenvalue weighted by molar-refractivity contribution is 5.97. The van der Waals surface area contributed by atoms with Gasteiger partial charge in [-0.25, -0.2) is 0 Å². The minimum atomic E-state index is -0.158. The fraction of sp³-hybridized carbons (Fsp3) is 0.545. The van der Waals surface area contributed by atoms with E-state index in [-0.39, 0.29) is 16.9 Å². The zero-order valence-electron chi connectivity index (χ0n) is 17.0. The summed E-state index contributed by atoms with van der Waals surface area (Å²) < 4.78 is 7.14. The van der Waals surface area contributed by atoms with Gasteiger partial charge in [0.15, 0.2) is 0 Å². The molecule has 3 aliphatic heterocycles. The van der Waals surface area contributed by atoms with Crippen molar-refractivity contribution in [2.75, 3.05) is 39.9 Å². The molecule has 3 aliphatic rings. The Morgan fingerprint density at radius 1 is 1.21 bits per heavy atom. The van der Waals surface area contributed by atoms with Gasteiger partial charge in [-0.2, -0.15) is 0 Å². The first-order valence-corrected chi connectivity index (χ1v) is 10.1. The van der Waals surface area contributed by atoms with Crippen molar-refractivity contribution < 1.29 is 9.53 Å². The summed E-state index contributed by atoms with van der Waals surface area (Å²) in [4.78, 5) is 30.8. The molecule has 4 heterocycles. The van der Waals surface area contributed by atoms with Crippen molar-refractivity contribution in [1.29, 1.82) is 0 Å². The first kappa shape index (κ1) is 19.2. The Morgan fingerprint density at radius 3 is 2.82 bits per heavy atom. The monoisotopic (exact) mass is 383 g/mol. The lowest BCUT2D eigenvalue weighted by Crippen LogP contribution is -2.46. The number of carbonyl (C=O) groups excluding carboxylic acids is 1. The summed E-state index contributed by atoms with van der Waals surface area (Å²) in [5, 5.41) is 0.618. The molecule has 1 aromatic heterocycles. The van der Waals surface area contributed by atoms with Gasteiger partial charge in [0.2, 0.25) is 5.43 Å². The van der Waals surface area contributed by atoms with Crippen LogP contribution in [0.4, 0.5) is 0 Å². The van der Waals surface area contributed by atoms with Crippen LogP contribution in [0.2, 0.25) is 0 Å². The number of ether oxygens (including phenoxy) is 1. The average Bonchev–Trinajstić information content (AvgIpc) is 3.00. The third kappa shape index (κ3) is 3.47. The number of fused-ring (bicyclic) bond motifs is 5. The Kier molecular flexibility index (Phi) is 5.25. The number of benzene rings is 1. The standard InChI is InChI=1S/C22H29N3O3/c1-15-4-7-20-18(10-15)21(26)19(14-23(20)2)22(27)25-12-16-5-6-17(13-25)24(11-16)8-9-28-3/h4,7,10,14,16-17H,5-6,8-9,11-13H2,1-3H3/t16-,17-/m0/s1. The second kappa shape index (κ2) is 7.68. The minimum Gasteiger partial charge on any atom is -0.383 e. The van der Waals surface area contributed by atoms with Gasteiger partial charge in [0, 0.05) is 58.0 Å². The maximum atomic E-state index is 13.4. The van der Waals surface area contributed by atoms with Gasteiger partial charge in [0.25, 0.3) is 5.91 Å². The van der Waals surface area contributed by atoms with Crippen LogP contribution in [0.3, 0.4) is 0 Å². The summed E-state index contributed by atoms with van der Waals surface area (Å²) in [5.74, 6) is 0.334. The lowest BCUT2D eigenvalue weighted by atomic mass is 9.95.